The Hall–Kier alpha value is -5.98. The van der Waals surface area contributed by atoms with Gasteiger partial charge in [0.15, 0.2) is 0 Å². The van der Waals surface area contributed by atoms with E-state index in [2.05, 4.69) is 11.8 Å². The first-order valence-electron chi connectivity index (χ1n) is 17.7. The molecule has 0 N–H and O–H groups in total. The monoisotopic (exact) mass is 740 g/mol. The fourth-order valence-electron chi connectivity index (χ4n) is 6.22. The molecule has 3 aromatic rings. The summed E-state index contributed by atoms with van der Waals surface area (Å²) in [5.41, 5.74) is 8.37. The molecule has 1 atom stereocenters. The zero-order chi connectivity index (χ0) is 38.8. The molecular formula is C45H44N2O6S. The van der Waals surface area contributed by atoms with E-state index < -0.39 is 0 Å². The number of aryl methyl sites for hydroxylation is 2. The highest BCUT2D eigenvalue weighted by atomic mass is 32.1. The Labute approximate surface area is 321 Å². The van der Waals surface area contributed by atoms with Crippen molar-refractivity contribution < 1.29 is 28.7 Å². The fraction of sp³-hybridized carbons (Fsp3) is 0.244. The minimum absolute atomic E-state index is 0.200. The molecule has 0 bridgehead atoms. The third-order valence-electron chi connectivity index (χ3n) is 9.50. The number of benzene rings is 2. The minimum atomic E-state index is -0.346. The number of nitrogens with zero attached hydrogens (tertiary/aromatic N) is 2. The highest BCUT2D eigenvalue weighted by molar-refractivity contribution is 7.08. The molecule has 1 aliphatic carbocycles. The van der Waals surface area contributed by atoms with E-state index in [0.29, 0.717) is 25.0 Å². The van der Waals surface area contributed by atoms with E-state index in [4.69, 9.17) is 9.47 Å². The van der Waals surface area contributed by atoms with Gasteiger partial charge in [-0.25, -0.2) is 0 Å². The molecule has 0 fully saturated rings. The number of carbonyl (C=O) groups excluding carboxylic acids is 4. The van der Waals surface area contributed by atoms with Crippen molar-refractivity contribution in [2.75, 3.05) is 20.8 Å². The third kappa shape index (κ3) is 9.51. The van der Waals surface area contributed by atoms with Crippen molar-refractivity contribution in [3.05, 3.63) is 140 Å². The standard InChI is InChI=1S/C23H21NO3S.C22H23NO3/c1-16-13-19(14-21(27-3)17(16)2)7-9-22(25)24-11-4-5-20(23(24)26)8-6-18-10-12-28-15-18;1-15-13-17(14-20(26-3)16(15)2)11-12-22(25)23-19(9-6-10-21(23)24)18-7-4-5-8-18/h5,7,9-10,12-15H,4,11H2,1-3H3;4-7,10-14,19H,8-9H2,1-3H3/b9-7+;12-11+. The summed E-state index contributed by atoms with van der Waals surface area (Å²) in [6, 6.07) is 9.45. The first-order chi connectivity index (χ1) is 26.0. The highest BCUT2D eigenvalue weighted by Crippen LogP contribution is 2.28. The number of carbonyl (C=O) groups is 4. The summed E-state index contributed by atoms with van der Waals surface area (Å²) in [6.45, 7) is 8.35. The van der Waals surface area contributed by atoms with E-state index in [-0.39, 0.29) is 29.7 Å². The van der Waals surface area contributed by atoms with Gasteiger partial charge in [-0.1, -0.05) is 54.4 Å². The SMILES string of the molecule is COc1cc(/C=C/C(=O)N2C(=O)C=CCC2C2=CC=CC2)cc(C)c1C.COc1cc(/C=C/C(=O)N2CCC=C(C#Cc3ccsc3)C2=O)cc(C)c1C. The average Bonchev–Trinajstić information content (AvgIpc) is 3.91. The number of methoxy groups -OCH3 is 2. The van der Waals surface area contributed by atoms with Crippen molar-refractivity contribution in [2.45, 2.75) is 53.0 Å². The van der Waals surface area contributed by atoms with Gasteiger partial charge in [0.2, 0.25) is 0 Å². The number of ether oxygens (including phenoxy) is 2. The number of amides is 4. The molecule has 8 nitrogen and oxygen atoms in total. The lowest BCUT2D eigenvalue weighted by Gasteiger charge is -2.31. The molecule has 3 aliphatic rings. The van der Waals surface area contributed by atoms with Crippen LogP contribution >= 0.6 is 11.3 Å². The Morgan fingerprint density at radius 1 is 0.870 bits per heavy atom. The minimum Gasteiger partial charge on any atom is -0.496 e. The van der Waals surface area contributed by atoms with Gasteiger partial charge in [0.05, 0.1) is 25.8 Å². The number of imide groups is 2. The average molecular weight is 741 g/mol. The molecular weight excluding hydrogens is 697 g/mol. The van der Waals surface area contributed by atoms with Crippen molar-refractivity contribution in [2.24, 2.45) is 0 Å². The summed E-state index contributed by atoms with van der Waals surface area (Å²) in [7, 11) is 3.25. The third-order valence-corrected chi connectivity index (χ3v) is 10.2. The summed E-state index contributed by atoms with van der Waals surface area (Å²) in [5, 5.41) is 3.86. The lowest BCUT2D eigenvalue weighted by atomic mass is 9.97. The van der Waals surface area contributed by atoms with Crippen LogP contribution in [0.4, 0.5) is 0 Å². The van der Waals surface area contributed by atoms with Gasteiger partial charge in [-0.2, -0.15) is 11.3 Å². The van der Waals surface area contributed by atoms with E-state index in [1.165, 1.54) is 28.0 Å². The highest BCUT2D eigenvalue weighted by Gasteiger charge is 2.31. The number of allylic oxidation sites excluding steroid dienone is 3. The Kier molecular flexibility index (Phi) is 13.2. The molecule has 1 unspecified atom stereocenters. The van der Waals surface area contributed by atoms with Crippen LogP contribution in [-0.4, -0.2) is 60.2 Å². The number of rotatable bonds is 7. The van der Waals surface area contributed by atoms with Crippen LogP contribution in [0, 0.1) is 39.5 Å². The Morgan fingerprint density at radius 2 is 1.52 bits per heavy atom. The van der Waals surface area contributed by atoms with Gasteiger partial charge in [-0.15, -0.1) is 0 Å². The van der Waals surface area contributed by atoms with Gasteiger partial charge < -0.3 is 9.47 Å². The second-order valence-corrected chi connectivity index (χ2v) is 13.8. The van der Waals surface area contributed by atoms with Crippen LogP contribution in [0.5, 0.6) is 11.5 Å². The zero-order valence-corrected chi connectivity index (χ0v) is 32.3. The van der Waals surface area contributed by atoms with Crippen LogP contribution in [0.15, 0.2) is 101 Å². The van der Waals surface area contributed by atoms with Crippen LogP contribution in [-0.2, 0) is 19.2 Å². The summed E-state index contributed by atoms with van der Waals surface area (Å²) in [6.07, 6.45) is 19.5. The molecule has 54 heavy (non-hydrogen) atoms. The fourth-order valence-corrected chi connectivity index (χ4v) is 6.81. The van der Waals surface area contributed by atoms with Gasteiger partial charge in [0.25, 0.3) is 23.6 Å². The molecule has 9 heteroatoms. The van der Waals surface area contributed by atoms with E-state index in [1.54, 1.807) is 43.8 Å². The Morgan fingerprint density at radius 3 is 2.09 bits per heavy atom. The van der Waals surface area contributed by atoms with Crippen molar-refractivity contribution >= 4 is 47.1 Å². The van der Waals surface area contributed by atoms with Crippen molar-refractivity contribution in [3.8, 4) is 23.3 Å². The van der Waals surface area contributed by atoms with Crippen molar-refractivity contribution in [3.63, 3.8) is 0 Å². The number of hydrogen-bond acceptors (Lipinski definition) is 7. The molecule has 4 amide bonds. The van der Waals surface area contributed by atoms with Gasteiger partial charge >= 0.3 is 0 Å². The summed E-state index contributed by atoms with van der Waals surface area (Å²) >= 11 is 1.55. The summed E-state index contributed by atoms with van der Waals surface area (Å²) in [4.78, 5) is 52.9. The Bertz CT molecular complexity index is 2190. The summed E-state index contributed by atoms with van der Waals surface area (Å²) in [5.74, 6) is 6.17. The molecule has 2 aromatic carbocycles. The number of hydrogen-bond donors (Lipinski definition) is 0. The predicted octanol–water partition coefficient (Wildman–Crippen LogP) is 8.02. The molecule has 3 heterocycles. The molecule has 276 valence electrons. The first-order valence-corrected chi connectivity index (χ1v) is 18.6. The second-order valence-electron chi connectivity index (χ2n) is 13.0. The smallest absolute Gasteiger partial charge is 0.268 e. The predicted molar refractivity (Wildman–Crippen MR) is 215 cm³/mol. The van der Waals surface area contributed by atoms with Crippen LogP contribution in [0.25, 0.3) is 12.2 Å². The maximum atomic E-state index is 12.8. The number of thiophene rings is 1. The van der Waals surface area contributed by atoms with Crippen LogP contribution in [0.1, 0.15) is 58.2 Å². The van der Waals surface area contributed by atoms with Gasteiger partial charge in [-0.3, -0.25) is 29.0 Å². The summed E-state index contributed by atoms with van der Waals surface area (Å²) < 4.78 is 10.8. The van der Waals surface area contributed by atoms with Crippen LogP contribution < -0.4 is 9.47 Å². The lowest BCUT2D eigenvalue weighted by Crippen LogP contribution is -2.45. The molecule has 0 radical (unpaired) electrons. The molecule has 0 spiro atoms. The maximum Gasteiger partial charge on any atom is 0.268 e. The largest absolute Gasteiger partial charge is 0.496 e. The second kappa shape index (κ2) is 18.2. The van der Waals surface area contributed by atoms with E-state index in [1.807, 2.05) is 93.1 Å². The van der Waals surface area contributed by atoms with Crippen molar-refractivity contribution in [1.82, 2.24) is 9.80 Å². The van der Waals surface area contributed by atoms with Crippen molar-refractivity contribution in [1.29, 1.82) is 0 Å². The normalized spacial score (nSPS) is 16.5. The first kappa shape index (κ1) is 39.2. The zero-order valence-electron chi connectivity index (χ0n) is 31.5. The molecule has 6 rings (SSSR count). The Balaban J connectivity index is 0.000000208. The lowest BCUT2D eigenvalue weighted by molar-refractivity contribution is -0.142. The molecule has 0 saturated heterocycles. The van der Waals surface area contributed by atoms with Gasteiger partial charge in [0.1, 0.15) is 11.5 Å². The van der Waals surface area contributed by atoms with Crippen LogP contribution in [0.2, 0.25) is 0 Å². The van der Waals surface area contributed by atoms with Crippen LogP contribution in [0.3, 0.4) is 0 Å². The van der Waals surface area contributed by atoms with E-state index in [0.717, 1.165) is 62.4 Å². The molecule has 0 saturated carbocycles. The topological polar surface area (TPSA) is 93.2 Å². The quantitative estimate of drug-likeness (QED) is 0.180. The molecule has 2 aliphatic heterocycles. The maximum absolute atomic E-state index is 12.8. The van der Waals surface area contributed by atoms with E-state index in [9.17, 15) is 19.2 Å². The van der Waals surface area contributed by atoms with Gasteiger partial charge in [0, 0.05) is 29.6 Å². The van der Waals surface area contributed by atoms with E-state index >= 15 is 0 Å². The molecule has 1 aromatic heterocycles. The van der Waals surface area contributed by atoms with Gasteiger partial charge in [-0.05, 0) is 128 Å².